The van der Waals surface area contributed by atoms with Gasteiger partial charge in [0, 0.05) is 11.8 Å². The molecule has 0 saturated carbocycles. The zero-order valence-corrected chi connectivity index (χ0v) is 14.2. The standard InChI is InChI=1S/C16H17NO6S/c1-10-5-4-6-11(7-10)17-24(20,21)12-8-13(16(18)19)15(23-3)14(9-12)22-2/h4-9,17H,1-3H3,(H,18,19). The van der Waals surface area contributed by atoms with E-state index in [1.807, 2.05) is 13.0 Å². The molecule has 0 aliphatic carbocycles. The van der Waals surface area contributed by atoms with Gasteiger partial charge in [0.1, 0.15) is 5.56 Å². The first-order valence-electron chi connectivity index (χ1n) is 6.87. The molecule has 0 unspecified atom stereocenters. The summed E-state index contributed by atoms with van der Waals surface area (Å²) < 4.78 is 37.6. The molecule has 8 heteroatoms. The lowest BCUT2D eigenvalue weighted by Crippen LogP contribution is -2.15. The molecule has 128 valence electrons. The number of aromatic carboxylic acids is 1. The maximum absolute atomic E-state index is 12.6. The fraction of sp³-hybridized carbons (Fsp3) is 0.188. The Morgan fingerprint density at radius 1 is 1.12 bits per heavy atom. The summed E-state index contributed by atoms with van der Waals surface area (Å²) in [4.78, 5) is 11.1. The maximum Gasteiger partial charge on any atom is 0.339 e. The summed E-state index contributed by atoms with van der Waals surface area (Å²) in [6.45, 7) is 1.83. The van der Waals surface area contributed by atoms with Crippen LogP contribution in [0.4, 0.5) is 5.69 Å². The smallest absolute Gasteiger partial charge is 0.339 e. The van der Waals surface area contributed by atoms with Gasteiger partial charge in [0.15, 0.2) is 11.5 Å². The Labute approximate surface area is 139 Å². The molecular weight excluding hydrogens is 334 g/mol. The van der Waals surface area contributed by atoms with E-state index in [0.29, 0.717) is 5.69 Å². The molecular formula is C16H17NO6S. The van der Waals surface area contributed by atoms with Crippen molar-refractivity contribution in [3.8, 4) is 11.5 Å². The third kappa shape index (κ3) is 3.60. The third-order valence-corrected chi connectivity index (χ3v) is 4.62. The number of sulfonamides is 1. The minimum absolute atomic E-state index is 0.0158. The van der Waals surface area contributed by atoms with Crippen molar-refractivity contribution in [2.24, 2.45) is 0 Å². The van der Waals surface area contributed by atoms with Crippen LogP contribution < -0.4 is 14.2 Å². The summed E-state index contributed by atoms with van der Waals surface area (Å²) in [5, 5.41) is 9.28. The van der Waals surface area contributed by atoms with Gasteiger partial charge in [-0.3, -0.25) is 4.72 Å². The van der Waals surface area contributed by atoms with Crippen LogP contribution >= 0.6 is 0 Å². The first-order chi connectivity index (χ1) is 11.3. The predicted octanol–water partition coefficient (Wildman–Crippen LogP) is 2.51. The van der Waals surface area contributed by atoms with Gasteiger partial charge in [0.2, 0.25) is 0 Å². The second-order valence-electron chi connectivity index (χ2n) is 4.99. The Morgan fingerprint density at radius 2 is 1.83 bits per heavy atom. The van der Waals surface area contributed by atoms with Crippen LogP contribution in [0.2, 0.25) is 0 Å². The van der Waals surface area contributed by atoms with Gasteiger partial charge >= 0.3 is 5.97 Å². The van der Waals surface area contributed by atoms with E-state index in [4.69, 9.17) is 9.47 Å². The molecule has 0 heterocycles. The zero-order valence-electron chi connectivity index (χ0n) is 13.4. The number of aryl methyl sites for hydroxylation is 1. The minimum atomic E-state index is -3.99. The van der Waals surface area contributed by atoms with Gasteiger partial charge in [-0.1, -0.05) is 12.1 Å². The van der Waals surface area contributed by atoms with Gasteiger partial charge in [-0.15, -0.1) is 0 Å². The van der Waals surface area contributed by atoms with E-state index in [1.54, 1.807) is 18.2 Å². The number of hydrogen-bond acceptors (Lipinski definition) is 5. The van der Waals surface area contributed by atoms with Crippen molar-refractivity contribution in [1.29, 1.82) is 0 Å². The van der Waals surface area contributed by atoms with Crippen molar-refractivity contribution < 1.29 is 27.8 Å². The summed E-state index contributed by atoms with van der Waals surface area (Å²) in [6, 6.07) is 9.05. The number of anilines is 1. The molecule has 0 amide bonds. The van der Waals surface area contributed by atoms with E-state index in [0.717, 1.165) is 11.6 Å². The van der Waals surface area contributed by atoms with Crippen LogP contribution in [-0.2, 0) is 10.0 Å². The maximum atomic E-state index is 12.6. The highest BCUT2D eigenvalue weighted by atomic mass is 32.2. The van der Waals surface area contributed by atoms with Gasteiger partial charge in [0.05, 0.1) is 19.1 Å². The van der Waals surface area contributed by atoms with Crippen LogP contribution in [-0.4, -0.2) is 33.7 Å². The molecule has 24 heavy (non-hydrogen) atoms. The molecule has 0 radical (unpaired) electrons. The lowest BCUT2D eigenvalue weighted by atomic mass is 10.2. The number of carbonyl (C=O) groups is 1. The van der Waals surface area contributed by atoms with E-state index in [-0.39, 0.29) is 22.0 Å². The Morgan fingerprint density at radius 3 is 2.38 bits per heavy atom. The molecule has 2 rings (SSSR count). The molecule has 0 saturated heterocycles. The number of carboxylic acid groups (broad SMARTS) is 1. The summed E-state index contributed by atoms with van der Waals surface area (Å²) >= 11 is 0. The van der Waals surface area contributed by atoms with E-state index < -0.39 is 16.0 Å². The lowest BCUT2D eigenvalue weighted by Gasteiger charge is -2.14. The summed E-state index contributed by atoms with van der Waals surface area (Å²) in [5.74, 6) is -1.35. The van der Waals surface area contributed by atoms with Crippen molar-refractivity contribution in [1.82, 2.24) is 0 Å². The highest BCUT2D eigenvalue weighted by Crippen LogP contribution is 2.34. The Balaban J connectivity index is 2.54. The minimum Gasteiger partial charge on any atom is -0.493 e. The van der Waals surface area contributed by atoms with Crippen molar-refractivity contribution in [2.45, 2.75) is 11.8 Å². The van der Waals surface area contributed by atoms with Gasteiger partial charge in [-0.2, -0.15) is 0 Å². The number of methoxy groups -OCH3 is 2. The fourth-order valence-corrected chi connectivity index (χ4v) is 3.27. The summed E-state index contributed by atoms with van der Waals surface area (Å²) in [6.07, 6.45) is 0. The molecule has 2 aromatic carbocycles. The Hall–Kier alpha value is -2.74. The SMILES string of the molecule is COc1cc(S(=O)(=O)Nc2cccc(C)c2)cc(C(=O)O)c1OC. The highest BCUT2D eigenvalue weighted by molar-refractivity contribution is 7.92. The molecule has 2 aromatic rings. The summed E-state index contributed by atoms with van der Waals surface area (Å²) in [7, 11) is -1.41. The van der Waals surface area contributed by atoms with Gasteiger partial charge in [-0.25, -0.2) is 13.2 Å². The fourth-order valence-electron chi connectivity index (χ4n) is 2.18. The quantitative estimate of drug-likeness (QED) is 0.829. The molecule has 0 aliphatic heterocycles. The second kappa shape index (κ2) is 6.79. The van der Waals surface area contributed by atoms with Crippen molar-refractivity contribution in [3.05, 3.63) is 47.5 Å². The monoisotopic (exact) mass is 351 g/mol. The van der Waals surface area contributed by atoms with Crippen molar-refractivity contribution in [2.75, 3.05) is 18.9 Å². The van der Waals surface area contributed by atoms with Gasteiger partial charge < -0.3 is 14.6 Å². The number of rotatable bonds is 6. The molecule has 0 bridgehead atoms. The second-order valence-corrected chi connectivity index (χ2v) is 6.67. The number of nitrogens with one attached hydrogen (secondary N) is 1. The van der Waals surface area contributed by atoms with Crippen LogP contribution in [0.25, 0.3) is 0 Å². The van der Waals surface area contributed by atoms with Gasteiger partial charge in [0.25, 0.3) is 10.0 Å². The number of carboxylic acids is 1. The van der Waals surface area contributed by atoms with Crippen molar-refractivity contribution in [3.63, 3.8) is 0 Å². The van der Waals surface area contributed by atoms with E-state index in [1.165, 1.54) is 20.3 Å². The highest BCUT2D eigenvalue weighted by Gasteiger charge is 2.23. The average molecular weight is 351 g/mol. The Kier molecular flexibility index (Phi) is 4.99. The van der Waals surface area contributed by atoms with Gasteiger partial charge in [-0.05, 0) is 30.7 Å². The molecule has 7 nitrogen and oxygen atoms in total. The van der Waals surface area contributed by atoms with Crippen LogP contribution in [0.15, 0.2) is 41.3 Å². The number of benzene rings is 2. The molecule has 2 N–H and O–H groups in total. The normalized spacial score (nSPS) is 11.0. The molecule has 0 fully saturated rings. The number of hydrogen-bond donors (Lipinski definition) is 2. The average Bonchev–Trinajstić information content (AvgIpc) is 2.52. The lowest BCUT2D eigenvalue weighted by molar-refractivity contribution is 0.0692. The topological polar surface area (TPSA) is 102 Å². The molecule has 0 aliphatic rings. The van der Waals surface area contributed by atoms with E-state index in [9.17, 15) is 18.3 Å². The Bertz CT molecular complexity index is 876. The zero-order chi connectivity index (χ0) is 17.9. The van der Waals surface area contributed by atoms with Crippen LogP contribution in [0, 0.1) is 6.92 Å². The van der Waals surface area contributed by atoms with Crippen LogP contribution in [0.3, 0.4) is 0 Å². The molecule has 0 aromatic heterocycles. The van der Waals surface area contributed by atoms with Crippen molar-refractivity contribution >= 4 is 21.7 Å². The third-order valence-electron chi connectivity index (χ3n) is 3.26. The molecule has 0 atom stereocenters. The van der Waals surface area contributed by atoms with Crippen LogP contribution in [0.5, 0.6) is 11.5 Å². The summed E-state index contributed by atoms with van der Waals surface area (Å²) in [5.41, 5.74) is 0.955. The van der Waals surface area contributed by atoms with E-state index >= 15 is 0 Å². The molecule has 0 spiro atoms. The van der Waals surface area contributed by atoms with E-state index in [2.05, 4.69) is 4.72 Å². The van der Waals surface area contributed by atoms with Crippen LogP contribution in [0.1, 0.15) is 15.9 Å². The predicted molar refractivity (Wildman–Crippen MR) is 88.5 cm³/mol. The first kappa shape index (κ1) is 17.6. The number of ether oxygens (including phenoxy) is 2. The first-order valence-corrected chi connectivity index (χ1v) is 8.35. The largest absolute Gasteiger partial charge is 0.493 e.